The van der Waals surface area contributed by atoms with Gasteiger partial charge < -0.3 is 4.74 Å². The standard InChI is InChI=1S/C25H22BrN3O3S2/c1-32-24(30)20-11-7-18(8-12-20)15-33-25-28-27-23(29(25)22-5-3-2-4-6-22)17-34(31)16-19-9-13-21(26)14-10-19/h2-14H,15-17H2,1H3/t34-/m1/s1. The summed E-state index contributed by atoms with van der Waals surface area (Å²) < 4.78 is 20.6. The van der Waals surface area contributed by atoms with Crippen LogP contribution >= 0.6 is 27.7 Å². The van der Waals surface area contributed by atoms with E-state index in [1.807, 2.05) is 71.3 Å². The molecule has 1 heterocycles. The van der Waals surface area contributed by atoms with E-state index in [0.717, 1.165) is 26.4 Å². The molecule has 0 N–H and O–H groups in total. The smallest absolute Gasteiger partial charge is 0.337 e. The second-order valence-corrected chi connectivity index (χ2v) is 10.7. The normalized spacial score (nSPS) is 11.8. The van der Waals surface area contributed by atoms with Crippen molar-refractivity contribution < 1.29 is 13.7 Å². The van der Waals surface area contributed by atoms with E-state index in [-0.39, 0.29) is 5.97 Å². The fourth-order valence-electron chi connectivity index (χ4n) is 3.29. The zero-order valence-corrected chi connectivity index (χ0v) is 21.6. The van der Waals surface area contributed by atoms with Gasteiger partial charge in [0.2, 0.25) is 0 Å². The summed E-state index contributed by atoms with van der Waals surface area (Å²) in [5, 5.41) is 9.50. The van der Waals surface area contributed by atoms with Crippen LogP contribution in [0, 0.1) is 0 Å². The molecule has 174 valence electrons. The van der Waals surface area contributed by atoms with Crippen LogP contribution in [0.25, 0.3) is 5.69 Å². The van der Waals surface area contributed by atoms with Crippen molar-refractivity contribution in [1.29, 1.82) is 0 Å². The Hall–Kier alpha value is -2.75. The summed E-state index contributed by atoms with van der Waals surface area (Å²) in [6.07, 6.45) is 0. The molecule has 4 rings (SSSR count). The van der Waals surface area contributed by atoms with Crippen LogP contribution in [0.3, 0.4) is 0 Å². The van der Waals surface area contributed by atoms with Crippen LogP contribution < -0.4 is 0 Å². The van der Waals surface area contributed by atoms with Crippen LogP contribution in [0.5, 0.6) is 0 Å². The first-order chi connectivity index (χ1) is 16.5. The molecule has 1 atom stereocenters. The number of para-hydroxylation sites is 1. The van der Waals surface area contributed by atoms with Crippen molar-refractivity contribution in [3.8, 4) is 5.69 Å². The summed E-state index contributed by atoms with van der Waals surface area (Å²) in [5.41, 5.74) is 3.49. The lowest BCUT2D eigenvalue weighted by atomic mass is 10.1. The van der Waals surface area contributed by atoms with Crippen LogP contribution in [-0.2, 0) is 32.8 Å². The Kier molecular flexibility index (Phi) is 8.31. The molecule has 6 nitrogen and oxygen atoms in total. The highest BCUT2D eigenvalue weighted by Gasteiger charge is 2.17. The van der Waals surface area contributed by atoms with Crippen molar-refractivity contribution in [2.24, 2.45) is 0 Å². The van der Waals surface area contributed by atoms with Gasteiger partial charge in [0.1, 0.15) is 0 Å². The van der Waals surface area contributed by atoms with Crippen LogP contribution in [0.1, 0.15) is 27.3 Å². The average molecular weight is 557 g/mol. The van der Waals surface area contributed by atoms with Crippen LogP contribution in [0.2, 0.25) is 0 Å². The molecule has 3 aromatic carbocycles. The molecule has 0 spiro atoms. The predicted molar refractivity (Wildman–Crippen MR) is 138 cm³/mol. The summed E-state index contributed by atoms with van der Waals surface area (Å²) in [4.78, 5) is 11.7. The maximum atomic E-state index is 12.9. The molecule has 0 amide bonds. The average Bonchev–Trinajstić information content (AvgIpc) is 3.26. The number of halogens is 1. The van der Waals surface area contributed by atoms with Crippen LogP contribution in [-0.4, -0.2) is 32.1 Å². The number of rotatable bonds is 9. The van der Waals surface area contributed by atoms with Crippen LogP contribution in [0.15, 0.2) is 88.5 Å². The molecule has 1 aromatic heterocycles. The van der Waals surface area contributed by atoms with E-state index in [2.05, 4.69) is 26.1 Å². The number of aromatic nitrogens is 3. The van der Waals surface area contributed by atoms with E-state index in [1.165, 1.54) is 18.9 Å². The lowest BCUT2D eigenvalue weighted by Crippen LogP contribution is -2.07. The second kappa shape index (κ2) is 11.6. The number of hydrogen-bond acceptors (Lipinski definition) is 6. The monoisotopic (exact) mass is 555 g/mol. The minimum absolute atomic E-state index is 0.298. The van der Waals surface area contributed by atoms with Crippen molar-refractivity contribution >= 4 is 44.5 Å². The maximum Gasteiger partial charge on any atom is 0.337 e. The molecular weight excluding hydrogens is 534 g/mol. The molecule has 0 radical (unpaired) electrons. The highest BCUT2D eigenvalue weighted by molar-refractivity contribution is 9.10. The summed E-state index contributed by atoms with van der Waals surface area (Å²) >= 11 is 4.97. The Labute approximate surface area is 213 Å². The van der Waals surface area contributed by atoms with Gasteiger partial charge in [-0.1, -0.05) is 70.2 Å². The lowest BCUT2D eigenvalue weighted by Gasteiger charge is -2.10. The van der Waals surface area contributed by atoms with Crippen molar-refractivity contribution in [3.05, 3.63) is 106 Å². The highest BCUT2D eigenvalue weighted by Crippen LogP contribution is 2.26. The Morgan fingerprint density at radius 2 is 1.62 bits per heavy atom. The van der Waals surface area contributed by atoms with Gasteiger partial charge in [-0.3, -0.25) is 8.78 Å². The Morgan fingerprint density at radius 3 is 2.29 bits per heavy atom. The predicted octanol–water partition coefficient (Wildman–Crippen LogP) is 5.56. The largest absolute Gasteiger partial charge is 0.465 e. The first kappa shape index (κ1) is 24.4. The molecular formula is C25H22BrN3O3S2. The number of methoxy groups -OCH3 is 1. The molecule has 0 aliphatic rings. The number of hydrogen-bond donors (Lipinski definition) is 0. The number of nitrogens with zero attached hydrogens (tertiary/aromatic N) is 3. The summed E-state index contributed by atoms with van der Waals surface area (Å²) in [6, 6.07) is 25.0. The SMILES string of the molecule is COC(=O)c1ccc(CSc2nnc(C[S@](=O)Cc3ccc(Br)cc3)n2-c2ccccc2)cc1. The number of thioether (sulfide) groups is 1. The molecule has 34 heavy (non-hydrogen) atoms. The van der Waals surface area contributed by atoms with Gasteiger partial charge in [-0.05, 0) is 47.5 Å². The first-order valence-corrected chi connectivity index (χ1v) is 13.7. The zero-order valence-electron chi connectivity index (χ0n) is 18.4. The van der Waals surface area contributed by atoms with Gasteiger partial charge in [0, 0.05) is 32.5 Å². The number of carbonyl (C=O) groups is 1. The van der Waals surface area contributed by atoms with Crippen molar-refractivity contribution in [2.45, 2.75) is 22.4 Å². The number of benzene rings is 3. The summed E-state index contributed by atoms with van der Waals surface area (Å²) in [6.45, 7) is 0. The Bertz CT molecular complexity index is 1280. The fourth-order valence-corrected chi connectivity index (χ4v) is 5.62. The van der Waals surface area contributed by atoms with E-state index in [1.54, 1.807) is 12.1 Å². The molecule has 0 aliphatic heterocycles. The fraction of sp³-hybridized carbons (Fsp3) is 0.160. The van der Waals surface area contributed by atoms with Crippen molar-refractivity contribution in [1.82, 2.24) is 14.8 Å². The summed E-state index contributed by atoms with van der Waals surface area (Å²) in [5.74, 6) is 1.69. The van der Waals surface area contributed by atoms with Crippen LogP contribution in [0.4, 0.5) is 0 Å². The molecule has 0 bridgehead atoms. The number of ether oxygens (including phenoxy) is 1. The third kappa shape index (κ3) is 6.22. The Balaban J connectivity index is 1.52. The van der Waals surface area contributed by atoms with Gasteiger partial charge in [-0.2, -0.15) is 0 Å². The quantitative estimate of drug-likeness (QED) is 0.199. The minimum atomic E-state index is -1.14. The minimum Gasteiger partial charge on any atom is -0.465 e. The van der Waals surface area contributed by atoms with Gasteiger partial charge >= 0.3 is 5.97 Å². The maximum absolute atomic E-state index is 12.9. The number of carbonyl (C=O) groups excluding carboxylic acids is 1. The lowest BCUT2D eigenvalue weighted by molar-refractivity contribution is 0.0600. The Morgan fingerprint density at radius 1 is 0.941 bits per heavy atom. The van der Waals surface area contributed by atoms with Gasteiger partial charge in [0.15, 0.2) is 11.0 Å². The second-order valence-electron chi connectivity index (χ2n) is 7.40. The third-order valence-corrected chi connectivity index (χ3v) is 7.75. The van der Waals surface area contributed by atoms with E-state index < -0.39 is 10.8 Å². The highest BCUT2D eigenvalue weighted by atomic mass is 79.9. The van der Waals surface area contributed by atoms with E-state index in [0.29, 0.717) is 28.6 Å². The van der Waals surface area contributed by atoms with Gasteiger partial charge in [0.25, 0.3) is 0 Å². The first-order valence-electron chi connectivity index (χ1n) is 10.4. The molecule has 0 unspecified atom stereocenters. The third-order valence-electron chi connectivity index (χ3n) is 4.99. The number of esters is 1. The summed E-state index contributed by atoms with van der Waals surface area (Å²) in [7, 11) is 0.228. The molecule has 4 aromatic rings. The van der Waals surface area contributed by atoms with Crippen molar-refractivity contribution in [2.75, 3.05) is 7.11 Å². The van der Waals surface area contributed by atoms with E-state index in [4.69, 9.17) is 4.74 Å². The van der Waals surface area contributed by atoms with E-state index in [9.17, 15) is 9.00 Å². The van der Waals surface area contributed by atoms with Gasteiger partial charge in [-0.25, -0.2) is 4.79 Å². The molecule has 0 fully saturated rings. The van der Waals surface area contributed by atoms with E-state index >= 15 is 0 Å². The molecule has 0 aliphatic carbocycles. The molecule has 0 saturated heterocycles. The molecule has 0 saturated carbocycles. The molecule has 9 heteroatoms. The van der Waals surface area contributed by atoms with Gasteiger partial charge in [-0.15, -0.1) is 10.2 Å². The van der Waals surface area contributed by atoms with Crippen molar-refractivity contribution in [3.63, 3.8) is 0 Å². The zero-order chi connectivity index (χ0) is 23.9. The topological polar surface area (TPSA) is 74.1 Å². The van der Waals surface area contributed by atoms with Gasteiger partial charge in [0.05, 0.1) is 18.4 Å².